The normalized spacial score (nSPS) is 10.6. The van der Waals surface area contributed by atoms with Gasteiger partial charge in [0.15, 0.2) is 0 Å². The average molecular weight is 367 g/mol. The lowest BCUT2D eigenvalue weighted by Crippen LogP contribution is -2.26. The zero-order chi connectivity index (χ0) is 19.3. The number of rotatable bonds is 5. The van der Waals surface area contributed by atoms with Gasteiger partial charge in [-0.05, 0) is 24.3 Å². The first kappa shape index (κ1) is 17.7. The summed E-state index contributed by atoms with van der Waals surface area (Å²) in [5, 5.41) is 4.81. The van der Waals surface area contributed by atoms with E-state index in [1.165, 1.54) is 0 Å². The molecule has 4 heteroatoms. The molecule has 0 saturated heterocycles. The molecule has 28 heavy (non-hydrogen) atoms. The second kappa shape index (κ2) is 7.92. The highest BCUT2D eigenvalue weighted by Crippen LogP contribution is 2.25. The lowest BCUT2D eigenvalue weighted by atomic mass is 10.1. The molecule has 0 saturated carbocycles. The Bertz CT molecular complexity index is 1060. The largest absolute Gasteiger partial charge is 0.337 e. The van der Waals surface area contributed by atoms with E-state index < -0.39 is 0 Å². The maximum Gasteiger partial charge on any atom is 0.253 e. The minimum Gasteiger partial charge on any atom is -0.337 e. The van der Waals surface area contributed by atoms with Crippen molar-refractivity contribution in [1.29, 1.82) is 0 Å². The first-order valence-electron chi connectivity index (χ1n) is 9.22. The molecule has 0 radical (unpaired) electrons. The van der Waals surface area contributed by atoms with E-state index in [1.54, 1.807) is 4.90 Å². The van der Waals surface area contributed by atoms with Crippen molar-refractivity contribution in [3.05, 3.63) is 108 Å². The Kier molecular flexibility index (Phi) is 5.02. The fourth-order valence-corrected chi connectivity index (χ4v) is 3.21. The van der Waals surface area contributed by atoms with Gasteiger partial charge in [-0.25, -0.2) is 4.68 Å². The van der Waals surface area contributed by atoms with E-state index in [0.29, 0.717) is 12.1 Å². The van der Waals surface area contributed by atoms with Crippen LogP contribution in [0.15, 0.2) is 97.2 Å². The van der Waals surface area contributed by atoms with Crippen LogP contribution in [-0.2, 0) is 6.54 Å². The molecule has 1 amide bonds. The predicted molar refractivity (Wildman–Crippen MR) is 111 cm³/mol. The molecular weight excluding hydrogens is 346 g/mol. The molecule has 0 N–H and O–H groups in total. The molecule has 3 aromatic carbocycles. The maximum absolute atomic E-state index is 12.8. The lowest BCUT2D eigenvalue weighted by molar-refractivity contribution is 0.0785. The molecule has 4 nitrogen and oxygen atoms in total. The van der Waals surface area contributed by atoms with Crippen molar-refractivity contribution in [2.45, 2.75) is 6.54 Å². The molecule has 1 aromatic heterocycles. The minimum atomic E-state index is -0.00734. The van der Waals surface area contributed by atoms with E-state index in [0.717, 1.165) is 22.5 Å². The summed E-state index contributed by atoms with van der Waals surface area (Å²) in [4.78, 5) is 14.5. The molecule has 1 heterocycles. The molecule has 0 aliphatic heterocycles. The van der Waals surface area contributed by atoms with Gasteiger partial charge in [-0.1, -0.05) is 66.7 Å². The molecule has 0 bridgehead atoms. The van der Waals surface area contributed by atoms with Crippen LogP contribution in [0, 0.1) is 0 Å². The molecule has 4 aromatic rings. The number of benzene rings is 3. The Morgan fingerprint density at radius 3 is 2.07 bits per heavy atom. The van der Waals surface area contributed by atoms with E-state index in [4.69, 9.17) is 5.10 Å². The van der Waals surface area contributed by atoms with Gasteiger partial charge in [-0.3, -0.25) is 4.79 Å². The fourth-order valence-electron chi connectivity index (χ4n) is 3.21. The zero-order valence-electron chi connectivity index (χ0n) is 15.7. The van der Waals surface area contributed by atoms with Gasteiger partial charge in [-0.15, -0.1) is 0 Å². The van der Waals surface area contributed by atoms with Gasteiger partial charge in [-0.2, -0.15) is 5.10 Å². The molecular formula is C24H21N3O. The summed E-state index contributed by atoms with van der Waals surface area (Å²) in [6.45, 7) is 0.477. The number of carbonyl (C=O) groups is 1. The van der Waals surface area contributed by atoms with Crippen molar-refractivity contribution in [1.82, 2.24) is 14.7 Å². The van der Waals surface area contributed by atoms with E-state index in [9.17, 15) is 4.79 Å². The average Bonchev–Trinajstić information content (AvgIpc) is 3.19. The molecule has 0 aliphatic carbocycles. The SMILES string of the molecule is CN(Cc1cn(-c2ccccc2)nc1-c1ccccc1)C(=O)c1ccccc1. The van der Waals surface area contributed by atoms with Crippen LogP contribution in [0.4, 0.5) is 0 Å². The number of aromatic nitrogens is 2. The molecule has 0 atom stereocenters. The lowest BCUT2D eigenvalue weighted by Gasteiger charge is -2.17. The topological polar surface area (TPSA) is 38.1 Å². The third-order valence-electron chi connectivity index (χ3n) is 4.63. The predicted octanol–water partition coefficient (Wildman–Crippen LogP) is 4.81. The van der Waals surface area contributed by atoms with Crippen LogP contribution in [-0.4, -0.2) is 27.6 Å². The first-order valence-corrected chi connectivity index (χ1v) is 9.22. The summed E-state index contributed by atoms with van der Waals surface area (Å²) in [5.41, 5.74) is 4.59. The molecule has 0 aliphatic rings. The highest BCUT2D eigenvalue weighted by molar-refractivity contribution is 5.94. The first-order chi connectivity index (χ1) is 13.7. The third kappa shape index (κ3) is 3.71. The second-order valence-electron chi connectivity index (χ2n) is 6.68. The van der Waals surface area contributed by atoms with Crippen LogP contribution in [0.5, 0.6) is 0 Å². The Morgan fingerprint density at radius 1 is 0.857 bits per heavy atom. The number of hydrogen-bond acceptors (Lipinski definition) is 2. The summed E-state index contributed by atoms with van der Waals surface area (Å²) in [6.07, 6.45) is 2.01. The van der Waals surface area contributed by atoms with Gasteiger partial charge in [0.1, 0.15) is 0 Å². The van der Waals surface area contributed by atoms with Crippen LogP contribution in [0.1, 0.15) is 15.9 Å². The van der Waals surface area contributed by atoms with Gasteiger partial charge < -0.3 is 4.90 Å². The molecule has 138 valence electrons. The Hall–Kier alpha value is -3.66. The fraction of sp³-hybridized carbons (Fsp3) is 0.0833. The van der Waals surface area contributed by atoms with Crippen molar-refractivity contribution >= 4 is 5.91 Å². The summed E-state index contributed by atoms with van der Waals surface area (Å²) in [5.74, 6) is -0.00734. The van der Waals surface area contributed by atoms with E-state index in [2.05, 4.69) is 0 Å². The van der Waals surface area contributed by atoms with E-state index in [-0.39, 0.29) is 5.91 Å². The molecule has 0 unspecified atom stereocenters. The van der Waals surface area contributed by atoms with Crippen LogP contribution >= 0.6 is 0 Å². The van der Waals surface area contributed by atoms with Gasteiger partial charge >= 0.3 is 0 Å². The third-order valence-corrected chi connectivity index (χ3v) is 4.63. The van der Waals surface area contributed by atoms with Gasteiger partial charge in [0.05, 0.1) is 11.4 Å². The van der Waals surface area contributed by atoms with Crippen molar-refractivity contribution in [2.75, 3.05) is 7.05 Å². The van der Waals surface area contributed by atoms with E-state index >= 15 is 0 Å². The molecule has 0 spiro atoms. The van der Waals surface area contributed by atoms with Crippen molar-refractivity contribution < 1.29 is 4.79 Å². The monoisotopic (exact) mass is 367 g/mol. The van der Waals surface area contributed by atoms with Crippen molar-refractivity contribution in [3.63, 3.8) is 0 Å². The summed E-state index contributed by atoms with van der Waals surface area (Å²) < 4.78 is 1.87. The minimum absolute atomic E-state index is 0.00734. The Morgan fingerprint density at radius 2 is 1.43 bits per heavy atom. The second-order valence-corrected chi connectivity index (χ2v) is 6.68. The highest BCUT2D eigenvalue weighted by atomic mass is 16.2. The standard InChI is InChI=1S/C24H21N3O/c1-26(24(28)20-13-7-3-8-14-20)17-21-18-27(22-15-9-4-10-16-22)25-23(21)19-11-5-2-6-12-19/h2-16,18H,17H2,1H3. The summed E-state index contributed by atoms with van der Waals surface area (Å²) in [7, 11) is 1.82. The zero-order valence-corrected chi connectivity index (χ0v) is 15.7. The number of para-hydroxylation sites is 1. The van der Waals surface area contributed by atoms with Crippen molar-refractivity contribution in [2.24, 2.45) is 0 Å². The van der Waals surface area contributed by atoms with Crippen LogP contribution in [0.2, 0.25) is 0 Å². The summed E-state index contributed by atoms with van der Waals surface area (Å²) >= 11 is 0. The van der Waals surface area contributed by atoms with Crippen LogP contribution in [0.3, 0.4) is 0 Å². The number of nitrogens with zero attached hydrogens (tertiary/aromatic N) is 3. The quantitative estimate of drug-likeness (QED) is 0.508. The summed E-state index contributed by atoms with van der Waals surface area (Å²) in [6, 6.07) is 29.4. The van der Waals surface area contributed by atoms with Gasteiger partial charge in [0, 0.05) is 36.5 Å². The van der Waals surface area contributed by atoms with E-state index in [1.807, 2.05) is 109 Å². The van der Waals surface area contributed by atoms with Gasteiger partial charge in [0.2, 0.25) is 0 Å². The van der Waals surface area contributed by atoms with Crippen molar-refractivity contribution in [3.8, 4) is 16.9 Å². The van der Waals surface area contributed by atoms with Crippen LogP contribution < -0.4 is 0 Å². The smallest absolute Gasteiger partial charge is 0.253 e. The number of carbonyl (C=O) groups excluding carboxylic acids is 1. The number of amides is 1. The van der Waals surface area contributed by atoms with Gasteiger partial charge in [0.25, 0.3) is 5.91 Å². The molecule has 4 rings (SSSR count). The highest BCUT2D eigenvalue weighted by Gasteiger charge is 2.17. The Labute approximate surface area is 164 Å². The molecule has 0 fully saturated rings. The maximum atomic E-state index is 12.8. The van der Waals surface area contributed by atoms with Crippen LogP contribution in [0.25, 0.3) is 16.9 Å². The Balaban J connectivity index is 1.69. The number of hydrogen-bond donors (Lipinski definition) is 0.